The van der Waals surface area contributed by atoms with Crippen LogP contribution in [0.15, 0.2) is 194 Å². The normalized spacial score (nSPS) is 11.0. The lowest BCUT2D eigenvalue weighted by Gasteiger charge is -2.26. The zero-order valence-corrected chi connectivity index (χ0v) is 25.4. The number of benzene rings is 6. The van der Waals surface area contributed by atoms with Crippen LogP contribution in [0, 0.1) is 0 Å². The van der Waals surface area contributed by atoms with Crippen LogP contribution in [0.25, 0.3) is 50.0 Å². The van der Waals surface area contributed by atoms with Crippen molar-refractivity contribution in [1.82, 2.24) is 4.40 Å². The van der Waals surface area contributed by atoms with Crippen LogP contribution < -0.4 is 4.90 Å². The molecule has 0 fully saturated rings. The average molecular weight is 589 g/mol. The SMILES string of the molecule is c1ccc(-c2ccc(N(c3ccc(-c4ccccc4)cc3)c3ccc(-c4cn5ccccc5c4-c4ccccc4)cc3)cc2)cc1. The largest absolute Gasteiger partial charge is 0.323 e. The second-order valence-corrected chi connectivity index (χ2v) is 11.5. The molecule has 2 aromatic heterocycles. The first-order chi connectivity index (χ1) is 22.8. The van der Waals surface area contributed by atoms with Crippen LogP contribution in [0.5, 0.6) is 0 Å². The van der Waals surface area contributed by atoms with Gasteiger partial charge in [0.25, 0.3) is 0 Å². The van der Waals surface area contributed by atoms with Crippen LogP contribution in [0.1, 0.15) is 0 Å². The van der Waals surface area contributed by atoms with Gasteiger partial charge in [0, 0.05) is 40.6 Å². The third-order valence-electron chi connectivity index (χ3n) is 8.65. The van der Waals surface area contributed by atoms with E-state index in [1.807, 2.05) is 0 Å². The minimum atomic E-state index is 1.11. The molecule has 0 spiro atoms. The molecule has 0 aliphatic heterocycles. The van der Waals surface area contributed by atoms with Crippen molar-refractivity contribution in [3.63, 3.8) is 0 Å². The lowest BCUT2D eigenvalue weighted by Crippen LogP contribution is -2.09. The monoisotopic (exact) mass is 588 g/mol. The molecular formula is C44H32N2. The minimum absolute atomic E-state index is 1.11. The molecule has 218 valence electrons. The Balaban J connectivity index is 1.20. The maximum absolute atomic E-state index is 2.33. The Morgan fingerprint density at radius 1 is 0.326 bits per heavy atom. The maximum Gasteiger partial charge on any atom is 0.0534 e. The highest BCUT2D eigenvalue weighted by molar-refractivity contribution is 5.95. The number of hydrogen-bond acceptors (Lipinski definition) is 1. The number of fused-ring (bicyclic) bond motifs is 1. The van der Waals surface area contributed by atoms with Crippen molar-refractivity contribution in [3.05, 3.63) is 194 Å². The van der Waals surface area contributed by atoms with E-state index in [0.29, 0.717) is 0 Å². The summed E-state index contributed by atoms with van der Waals surface area (Å²) in [6.45, 7) is 0. The summed E-state index contributed by atoms with van der Waals surface area (Å²) in [5.74, 6) is 0. The minimum Gasteiger partial charge on any atom is -0.323 e. The van der Waals surface area contributed by atoms with Gasteiger partial charge in [-0.1, -0.05) is 133 Å². The molecule has 0 saturated carbocycles. The van der Waals surface area contributed by atoms with E-state index in [1.165, 1.54) is 50.0 Å². The second-order valence-electron chi connectivity index (χ2n) is 11.5. The molecule has 0 radical (unpaired) electrons. The quantitative estimate of drug-likeness (QED) is 0.180. The van der Waals surface area contributed by atoms with Crippen molar-refractivity contribution in [1.29, 1.82) is 0 Å². The first kappa shape index (κ1) is 27.4. The molecule has 0 aliphatic rings. The van der Waals surface area contributed by atoms with Gasteiger partial charge < -0.3 is 9.30 Å². The summed E-state index contributed by atoms with van der Waals surface area (Å²) < 4.78 is 2.22. The van der Waals surface area contributed by atoms with Crippen LogP contribution in [0.4, 0.5) is 17.1 Å². The summed E-state index contributed by atoms with van der Waals surface area (Å²) in [5.41, 5.74) is 14.2. The van der Waals surface area contributed by atoms with E-state index in [0.717, 1.165) is 17.1 Å². The van der Waals surface area contributed by atoms with Gasteiger partial charge in [-0.2, -0.15) is 0 Å². The molecule has 0 amide bonds. The Morgan fingerprint density at radius 3 is 1.20 bits per heavy atom. The van der Waals surface area contributed by atoms with Crippen LogP contribution in [0.2, 0.25) is 0 Å². The molecule has 2 nitrogen and oxygen atoms in total. The fraction of sp³-hybridized carbons (Fsp3) is 0. The van der Waals surface area contributed by atoms with E-state index < -0.39 is 0 Å². The van der Waals surface area contributed by atoms with Gasteiger partial charge in [0.15, 0.2) is 0 Å². The van der Waals surface area contributed by atoms with Crippen molar-refractivity contribution < 1.29 is 0 Å². The van der Waals surface area contributed by atoms with Crippen LogP contribution in [-0.4, -0.2) is 4.40 Å². The van der Waals surface area contributed by atoms with Crippen LogP contribution in [-0.2, 0) is 0 Å². The summed E-state index contributed by atoms with van der Waals surface area (Å²) >= 11 is 0. The van der Waals surface area contributed by atoms with Gasteiger partial charge in [0.1, 0.15) is 0 Å². The average Bonchev–Trinajstić information content (AvgIpc) is 3.54. The van der Waals surface area contributed by atoms with Gasteiger partial charge in [-0.05, 0) is 81.9 Å². The third-order valence-corrected chi connectivity index (χ3v) is 8.65. The van der Waals surface area contributed by atoms with Gasteiger partial charge in [-0.3, -0.25) is 0 Å². The zero-order chi connectivity index (χ0) is 30.7. The molecule has 0 unspecified atom stereocenters. The fourth-order valence-corrected chi connectivity index (χ4v) is 6.35. The van der Waals surface area contributed by atoms with Crippen LogP contribution in [0.3, 0.4) is 0 Å². The van der Waals surface area contributed by atoms with E-state index >= 15 is 0 Å². The van der Waals surface area contributed by atoms with Crippen molar-refractivity contribution in [2.24, 2.45) is 0 Å². The number of pyridine rings is 1. The summed E-state index contributed by atoms with van der Waals surface area (Å²) in [5, 5.41) is 0. The standard InChI is InChI=1S/C44H32N2/c1-4-12-33(13-5-1)35-19-25-39(26-20-35)46(40-27-21-36(22-28-40)34-14-6-2-7-15-34)41-29-23-37(24-30-41)42-32-45-31-11-10-18-43(45)44(42)38-16-8-3-9-17-38/h1-32H. The smallest absolute Gasteiger partial charge is 0.0534 e. The number of nitrogens with zero attached hydrogens (tertiary/aromatic N) is 2. The Hall–Kier alpha value is -6.12. The predicted octanol–water partition coefficient (Wildman–Crippen LogP) is 12.1. The van der Waals surface area contributed by atoms with Gasteiger partial charge in [0.2, 0.25) is 0 Å². The van der Waals surface area contributed by atoms with Gasteiger partial charge >= 0.3 is 0 Å². The molecule has 46 heavy (non-hydrogen) atoms. The number of aromatic nitrogens is 1. The van der Waals surface area contributed by atoms with E-state index in [1.54, 1.807) is 0 Å². The Morgan fingerprint density at radius 2 is 0.717 bits per heavy atom. The van der Waals surface area contributed by atoms with Gasteiger partial charge in [-0.15, -0.1) is 0 Å². The highest BCUT2D eigenvalue weighted by Crippen LogP contribution is 2.40. The highest BCUT2D eigenvalue weighted by atomic mass is 15.1. The molecule has 0 bridgehead atoms. The maximum atomic E-state index is 2.33. The summed E-state index contributed by atoms with van der Waals surface area (Å²) in [6, 6.07) is 64.8. The van der Waals surface area contributed by atoms with Gasteiger partial charge in [-0.25, -0.2) is 0 Å². The topological polar surface area (TPSA) is 7.65 Å². The first-order valence-corrected chi connectivity index (χ1v) is 15.7. The van der Waals surface area contributed by atoms with E-state index in [4.69, 9.17) is 0 Å². The fourth-order valence-electron chi connectivity index (χ4n) is 6.35. The Kier molecular flexibility index (Phi) is 7.22. The molecular weight excluding hydrogens is 556 g/mol. The molecule has 0 atom stereocenters. The zero-order valence-electron chi connectivity index (χ0n) is 25.4. The summed E-state index contributed by atoms with van der Waals surface area (Å²) in [4.78, 5) is 2.33. The molecule has 2 heteroatoms. The lowest BCUT2D eigenvalue weighted by molar-refractivity contribution is 1.20. The summed E-state index contributed by atoms with van der Waals surface area (Å²) in [6.07, 6.45) is 4.37. The van der Waals surface area contributed by atoms with E-state index in [2.05, 4.69) is 204 Å². The highest BCUT2D eigenvalue weighted by Gasteiger charge is 2.17. The second kappa shape index (κ2) is 12.1. The van der Waals surface area contributed by atoms with Crippen molar-refractivity contribution >= 4 is 22.6 Å². The third kappa shape index (κ3) is 5.27. The van der Waals surface area contributed by atoms with E-state index in [-0.39, 0.29) is 0 Å². The number of anilines is 3. The molecule has 8 rings (SSSR count). The number of rotatable bonds is 7. The molecule has 0 N–H and O–H groups in total. The van der Waals surface area contributed by atoms with Crippen molar-refractivity contribution in [2.45, 2.75) is 0 Å². The van der Waals surface area contributed by atoms with Gasteiger partial charge in [0.05, 0.1) is 5.52 Å². The van der Waals surface area contributed by atoms with Crippen molar-refractivity contribution in [3.8, 4) is 44.5 Å². The Bertz CT molecular complexity index is 2110. The molecule has 8 aromatic rings. The Labute approximate surface area is 270 Å². The van der Waals surface area contributed by atoms with Crippen LogP contribution >= 0.6 is 0 Å². The molecule has 0 aliphatic carbocycles. The summed E-state index contributed by atoms with van der Waals surface area (Å²) in [7, 11) is 0. The molecule has 0 saturated heterocycles. The molecule has 2 heterocycles. The number of hydrogen-bond donors (Lipinski definition) is 0. The van der Waals surface area contributed by atoms with Crippen molar-refractivity contribution in [2.75, 3.05) is 4.90 Å². The lowest BCUT2D eigenvalue weighted by atomic mass is 9.97. The first-order valence-electron chi connectivity index (χ1n) is 15.7. The van der Waals surface area contributed by atoms with E-state index in [9.17, 15) is 0 Å². The molecule has 6 aromatic carbocycles. The predicted molar refractivity (Wildman–Crippen MR) is 194 cm³/mol.